The van der Waals surface area contributed by atoms with E-state index in [-0.39, 0.29) is 11.2 Å². The Labute approximate surface area is 108 Å². The summed E-state index contributed by atoms with van der Waals surface area (Å²) in [5.41, 5.74) is 0.785. The number of esters is 1. The van der Waals surface area contributed by atoms with Crippen LogP contribution in [0.1, 0.15) is 26.0 Å². The normalized spacial score (nSPS) is 12.4. The SMILES string of the molecule is CCOC(=O)CC(C)SCc1nnsc1Cl. The Balaban J connectivity index is 2.27. The summed E-state index contributed by atoms with van der Waals surface area (Å²) in [5, 5.41) is 4.09. The van der Waals surface area contributed by atoms with Crippen molar-refractivity contribution in [3.8, 4) is 0 Å². The second-order valence-corrected chi connectivity index (χ2v) is 5.91. The van der Waals surface area contributed by atoms with E-state index in [4.69, 9.17) is 16.3 Å². The van der Waals surface area contributed by atoms with Crippen molar-refractivity contribution in [2.45, 2.75) is 31.3 Å². The molecule has 0 radical (unpaired) electrons. The molecule has 1 unspecified atom stereocenters. The summed E-state index contributed by atoms with van der Waals surface area (Å²) in [6.07, 6.45) is 0.410. The fourth-order valence-corrected chi connectivity index (χ4v) is 2.71. The summed E-state index contributed by atoms with van der Waals surface area (Å²) in [4.78, 5) is 11.2. The van der Waals surface area contributed by atoms with E-state index in [1.165, 1.54) is 11.5 Å². The molecule has 1 aromatic heterocycles. The number of thioether (sulfide) groups is 1. The standard InChI is InChI=1S/C9H13ClN2O2S2/c1-3-14-8(13)4-6(2)15-5-7-9(10)16-12-11-7/h6H,3-5H2,1-2H3. The van der Waals surface area contributed by atoms with Crippen LogP contribution in [0.3, 0.4) is 0 Å². The minimum absolute atomic E-state index is 0.162. The molecule has 16 heavy (non-hydrogen) atoms. The molecule has 4 nitrogen and oxygen atoms in total. The second-order valence-electron chi connectivity index (χ2n) is 3.12. The Bertz CT molecular complexity index is 346. The average molecular weight is 281 g/mol. The molecule has 90 valence electrons. The van der Waals surface area contributed by atoms with E-state index in [0.29, 0.717) is 23.1 Å². The van der Waals surface area contributed by atoms with Crippen LogP contribution in [-0.4, -0.2) is 27.4 Å². The lowest BCUT2D eigenvalue weighted by atomic mass is 10.3. The highest BCUT2D eigenvalue weighted by Crippen LogP contribution is 2.25. The van der Waals surface area contributed by atoms with Crippen LogP contribution in [0.4, 0.5) is 0 Å². The molecule has 0 bridgehead atoms. The Morgan fingerprint density at radius 3 is 3.00 bits per heavy atom. The average Bonchev–Trinajstić information content (AvgIpc) is 2.61. The van der Waals surface area contributed by atoms with Gasteiger partial charge >= 0.3 is 5.97 Å². The molecule has 0 saturated heterocycles. The van der Waals surface area contributed by atoms with Gasteiger partial charge in [-0.25, -0.2) is 0 Å². The molecule has 1 atom stereocenters. The highest BCUT2D eigenvalue weighted by molar-refractivity contribution is 7.99. The van der Waals surface area contributed by atoms with Gasteiger partial charge in [-0.15, -0.1) is 5.10 Å². The molecule has 0 spiro atoms. The molecule has 1 heterocycles. The van der Waals surface area contributed by atoms with Crippen molar-refractivity contribution in [3.63, 3.8) is 0 Å². The summed E-state index contributed by atoms with van der Waals surface area (Å²) in [6.45, 7) is 4.21. The Morgan fingerprint density at radius 1 is 1.69 bits per heavy atom. The zero-order valence-corrected chi connectivity index (χ0v) is 11.5. The molecule has 0 aliphatic rings. The van der Waals surface area contributed by atoms with Gasteiger partial charge < -0.3 is 4.74 Å². The number of hydrogen-bond donors (Lipinski definition) is 0. The Morgan fingerprint density at radius 2 is 2.44 bits per heavy atom. The Hall–Kier alpha value is -0.330. The van der Waals surface area contributed by atoms with Crippen LogP contribution in [0, 0.1) is 0 Å². The first-order chi connectivity index (χ1) is 7.63. The predicted molar refractivity (Wildman–Crippen MR) is 66.9 cm³/mol. The Kier molecular flexibility index (Phi) is 6.08. The molecular formula is C9H13ClN2O2S2. The van der Waals surface area contributed by atoms with Crippen molar-refractivity contribution in [1.29, 1.82) is 0 Å². The summed E-state index contributed by atoms with van der Waals surface area (Å²) in [6, 6.07) is 0. The minimum atomic E-state index is -0.162. The van der Waals surface area contributed by atoms with Crippen molar-refractivity contribution in [2.24, 2.45) is 0 Å². The molecule has 0 aliphatic carbocycles. The number of aromatic nitrogens is 2. The van der Waals surface area contributed by atoms with Crippen LogP contribution in [0.15, 0.2) is 0 Å². The third-order valence-corrected chi connectivity index (χ3v) is 3.93. The third kappa shape index (κ3) is 4.67. The van der Waals surface area contributed by atoms with E-state index in [2.05, 4.69) is 9.59 Å². The largest absolute Gasteiger partial charge is 0.466 e. The summed E-state index contributed by atoms with van der Waals surface area (Å²) >= 11 is 8.67. The van der Waals surface area contributed by atoms with Crippen LogP contribution in [0.2, 0.25) is 4.34 Å². The topological polar surface area (TPSA) is 52.1 Å². The maximum absolute atomic E-state index is 11.2. The summed E-state index contributed by atoms with van der Waals surface area (Å²) < 4.78 is 9.23. The van der Waals surface area contributed by atoms with E-state index < -0.39 is 0 Å². The van der Waals surface area contributed by atoms with Gasteiger partial charge in [-0.05, 0) is 6.92 Å². The number of nitrogens with zero attached hydrogens (tertiary/aromatic N) is 2. The third-order valence-electron chi connectivity index (χ3n) is 1.77. The molecule has 0 fully saturated rings. The van der Waals surface area contributed by atoms with Crippen molar-refractivity contribution < 1.29 is 9.53 Å². The van der Waals surface area contributed by atoms with Crippen molar-refractivity contribution in [1.82, 2.24) is 9.59 Å². The molecule has 7 heteroatoms. The number of ether oxygens (including phenoxy) is 1. The molecule has 1 rings (SSSR count). The molecule has 0 N–H and O–H groups in total. The van der Waals surface area contributed by atoms with Crippen molar-refractivity contribution in [2.75, 3.05) is 6.61 Å². The van der Waals surface area contributed by atoms with E-state index in [9.17, 15) is 4.79 Å². The van der Waals surface area contributed by atoms with E-state index in [1.807, 2.05) is 6.92 Å². The monoisotopic (exact) mass is 280 g/mol. The fourth-order valence-electron chi connectivity index (χ4n) is 1.02. The summed E-state index contributed by atoms with van der Waals surface area (Å²) in [5.74, 6) is 0.514. The predicted octanol–water partition coefficient (Wildman–Crippen LogP) is 2.77. The number of carbonyl (C=O) groups is 1. The van der Waals surface area contributed by atoms with Gasteiger partial charge in [0.1, 0.15) is 10.0 Å². The van der Waals surface area contributed by atoms with Gasteiger partial charge in [0.15, 0.2) is 0 Å². The lowest BCUT2D eigenvalue weighted by Crippen LogP contribution is -2.10. The first kappa shape index (κ1) is 13.7. The molecule has 0 saturated carbocycles. The lowest BCUT2D eigenvalue weighted by molar-refractivity contribution is -0.142. The van der Waals surface area contributed by atoms with Crippen LogP contribution >= 0.6 is 34.9 Å². The molecular weight excluding hydrogens is 268 g/mol. The highest BCUT2D eigenvalue weighted by atomic mass is 35.5. The van der Waals surface area contributed by atoms with E-state index in [0.717, 1.165) is 5.69 Å². The van der Waals surface area contributed by atoms with Gasteiger partial charge in [0, 0.05) is 22.5 Å². The van der Waals surface area contributed by atoms with E-state index in [1.54, 1.807) is 18.7 Å². The van der Waals surface area contributed by atoms with Crippen LogP contribution in [0.5, 0.6) is 0 Å². The first-order valence-corrected chi connectivity index (χ1v) is 7.07. The number of carbonyl (C=O) groups excluding carboxylic acids is 1. The number of halogens is 1. The first-order valence-electron chi connectivity index (χ1n) is 4.87. The highest BCUT2D eigenvalue weighted by Gasteiger charge is 2.12. The fraction of sp³-hybridized carbons (Fsp3) is 0.667. The van der Waals surface area contributed by atoms with Gasteiger partial charge in [-0.3, -0.25) is 4.79 Å². The second kappa shape index (κ2) is 7.09. The van der Waals surface area contributed by atoms with Gasteiger partial charge in [0.25, 0.3) is 0 Å². The van der Waals surface area contributed by atoms with Crippen molar-refractivity contribution in [3.05, 3.63) is 10.0 Å². The maximum atomic E-state index is 11.2. The number of rotatable bonds is 6. The van der Waals surface area contributed by atoms with Crippen LogP contribution < -0.4 is 0 Å². The van der Waals surface area contributed by atoms with Gasteiger partial charge in [0.2, 0.25) is 0 Å². The summed E-state index contributed by atoms with van der Waals surface area (Å²) in [7, 11) is 0. The molecule has 0 aliphatic heterocycles. The van der Waals surface area contributed by atoms with Gasteiger partial charge in [0.05, 0.1) is 13.0 Å². The molecule has 0 amide bonds. The van der Waals surface area contributed by atoms with Crippen molar-refractivity contribution >= 4 is 40.9 Å². The number of hydrogen-bond acceptors (Lipinski definition) is 6. The molecule has 0 aromatic carbocycles. The van der Waals surface area contributed by atoms with Crippen LogP contribution in [0.25, 0.3) is 0 Å². The maximum Gasteiger partial charge on any atom is 0.306 e. The van der Waals surface area contributed by atoms with Gasteiger partial charge in [-0.2, -0.15) is 11.8 Å². The zero-order chi connectivity index (χ0) is 12.0. The lowest BCUT2D eigenvalue weighted by Gasteiger charge is -2.09. The van der Waals surface area contributed by atoms with Crippen LogP contribution in [-0.2, 0) is 15.3 Å². The zero-order valence-electron chi connectivity index (χ0n) is 9.10. The quantitative estimate of drug-likeness (QED) is 0.750. The molecule has 1 aromatic rings. The smallest absolute Gasteiger partial charge is 0.306 e. The van der Waals surface area contributed by atoms with E-state index >= 15 is 0 Å². The minimum Gasteiger partial charge on any atom is -0.466 e. The van der Waals surface area contributed by atoms with Gasteiger partial charge in [-0.1, -0.05) is 23.0 Å².